The van der Waals surface area contributed by atoms with Gasteiger partial charge in [-0.05, 0) is 35.9 Å². The Hall–Kier alpha value is -1.65. The summed E-state index contributed by atoms with van der Waals surface area (Å²) >= 11 is 8.95. The molecule has 102 valence electrons. The molecule has 0 radical (unpaired) electrons. The minimum atomic E-state index is -0.693. The molecule has 0 saturated carbocycles. The first kappa shape index (κ1) is 14.8. The zero-order valence-electron chi connectivity index (χ0n) is 10.3. The van der Waals surface area contributed by atoms with Crippen molar-refractivity contribution in [3.8, 4) is 0 Å². The molecule has 2 aromatic carbocycles. The van der Waals surface area contributed by atoms with Crippen LogP contribution in [-0.2, 0) is 10.6 Å². The smallest absolute Gasteiger partial charge is 0.346 e. The molecule has 0 aromatic heterocycles. The van der Waals surface area contributed by atoms with Crippen LogP contribution in [0.1, 0.15) is 26.3 Å². The van der Waals surface area contributed by atoms with Gasteiger partial charge < -0.3 is 4.74 Å². The van der Waals surface area contributed by atoms with Crippen LogP contribution in [0.4, 0.5) is 0 Å². The van der Waals surface area contributed by atoms with Crippen molar-refractivity contribution in [2.75, 3.05) is 0 Å². The van der Waals surface area contributed by atoms with Gasteiger partial charge in [0, 0.05) is 10.4 Å². The van der Waals surface area contributed by atoms with Crippen LogP contribution in [-0.4, -0.2) is 11.9 Å². The predicted octanol–water partition coefficient (Wildman–Crippen LogP) is 4.19. The van der Waals surface area contributed by atoms with Crippen LogP contribution in [0.15, 0.2) is 53.0 Å². The third-order valence-electron chi connectivity index (χ3n) is 2.56. The summed E-state index contributed by atoms with van der Waals surface area (Å²) in [6, 6.07) is 13.3. The maximum absolute atomic E-state index is 11.9. The zero-order valence-corrected chi connectivity index (χ0v) is 12.6. The van der Waals surface area contributed by atoms with Gasteiger partial charge in [-0.1, -0.05) is 34.1 Å². The summed E-state index contributed by atoms with van der Waals surface area (Å²) in [6.45, 7) is 0. The predicted molar refractivity (Wildman–Crippen MR) is 79.9 cm³/mol. The summed E-state index contributed by atoms with van der Waals surface area (Å²) in [4.78, 5) is 23.7. The average Bonchev–Trinajstić information content (AvgIpc) is 2.47. The van der Waals surface area contributed by atoms with Gasteiger partial charge in [0.1, 0.15) is 0 Å². The van der Waals surface area contributed by atoms with Crippen molar-refractivity contribution < 1.29 is 14.3 Å². The van der Waals surface area contributed by atoms with E-state index < -0.39 is 11.9 Å². The number of carbonyl (C=O) groups is 2. The first-order valence-electron chi connectivity index (χ1n) is 5.77. The first-order valence-corrected chi connectivity index (χ1v) is 7.10. The maximum atomic E-state index is 11.9. The molecule has 0 heterocycles. The Balaban J connectivity index is 2.13. The van der Waals surface area contributed by atoms with Crippen LogP contribution >= 0.6 is 27.5 Å². The number of rotatable bonds is 3. The number of ether oxygens (including phenoxy) is 1. The molecule has 0 unspecified atom stereocenters. The van der Waals surface area contributed by atoms with E-state index in [-0.39, 0.29) is 0 Å². The zero-order chi connectivity index (χ0) is 14.5. The van der Waals surface area contributed by atoms with E-state index in [1.54, 1.807) is 48.5 Å². The number of hydrogen-bond donors (Lipinski definition) is 0. The lowest BCUT2D eigenvalue weighted by Crippen LogP contribution is -2.13. The van der Waals surface area contributed by atoms with Gasteiger partial charge in [0.05, 0.1) is 11.1 Å². The fraction of sp³-hybridized carbons (Fsp3) is 0.0667. The Morgan fingerprint density at radius 3 is 2.20 bits per heavy atom. The lowest BCUT2D eigenvalue weighted by atomic mass is 10.1. The normalized spacial score (nSPS) is 10.1. The van der Waals surface area contributed by atoms with Crippen molar-refractivity contribution in [1.29, 1.82) is 0 Å². The van der Waals surface area contributed by atoms with Gasteiger partial charge in [-0.3, -0.25) is 0 Å². The molecule has 0 amide bonds. The lowest BCUT2D eigenvalue weighted by molar-refractivity contribution is 0.0397. The summed E-state index contributed by atoms with van der Waals surface area (Å²) < 4.78 is 5.57. The number of esters is 2. The highest BCUT2D eigenvalue weighted by Gasteiger charge is 2.15. The van der Waals surface area contributed by atoms with Crippen molar-refractivity contribution in [2.45, 2.75) is 5.88 Å². The van der Waals surface area contributed by atoms with Gasteiger partial charge in [-0.25, -0.2) is 9.59 Å². The molecular formula is C15H10BrClO3. The highest BCUT2D eigenvalue weighted by Crippen LogP contribution is 2.14. The summed E-state index contributed by atoms with van der Waals surface area (Å²) in [5.41, 5.74) is 1.39. The van der Waals surface area contributed by atoms with E-state index in [4.69, 9.17) is 16.3 Å². The van der Waals surface area contributed by atoms with Crippen LogP contribution < -0.4 is 0 Å². The van der Waals surface area contributed by atoms with Crippen LogP contribution in [0.3, 0.4) is 0 Å². The fourth-order valence-corrected chi connectivity index (χ4v) is 2.16. The van der Waals surface area contributed by atoms with Gasteiger partial charge in [0.25, 0.3) is 0 Å². The highest BCUT2D eigenvalue weighted by atomic mass is 79.9. The molecule has 0 spiro atoms. The molecule has 0 saturated heterocycles. The van der Waals surface area contributed by atoms with Crippen LogP contribution in [0.25, 0.3) is 0 Å². The number of alkyl halides is 1. The van der Waals surface area contributed by atoms with Gasteiger partial charge in [0.2, 0.25) is 0 Å². The minimum Gasteiger partial charge on any atom is -0.386 e. The molecule has 0 aliphatic rings. The SMILES string of the molecule is O=C(OC(=O)c1cccc(CCl)c1)c1cccc(Br)c1. The fourth-order valence-electron chi connectivity index (χ4n) is 1.60. The van der Waals surface area contributed by atoms with Crippen molar-refractivity contribution in [2.24, 2.45) is 0 Å². The molecule has 0 N–H and O–H groups in total. The van der Waals surface area contributed by atoms with Gasteiger partial charge in [-0.2, -0.15) is 0 Å². The number of carbonyl (C=O) groups excluding carboxylic acids is 2. The third kappa shape index (κ3) is 3.68. The van der Waals surface area contributed by atoms with E-state index >= 15 is 0 Å². The van der Waals surface area contributed by atoms with E-state index in [1.807, 2.05) is 0 Å². The quantitative estimate of drug-likeness (QED) is 0.472. The van der Waals surface area contributed by atoms with E-state index in [9.17, 15) is 9.59 Å². The Kier molecular flexibility index (Phi) is 4.93. The minimum absolute atomic E-state index is 0.292. The second-order valence-electron chi connectivity index (χ2n) is 4.02. The van der Waals surface area contributed by atoms with E-state index in [0.29, 0.717) is 17.0 Å². The number of halogens is 2. The molecule has 0 aliphatic carbocycles. The third-order valence-corrected chi connectivity index (χ3v) is 3.36. The lowest BCUT2D eigenvalue weighted by Gasteiger charge is -2.04. The van der Waals surface area contributed by atoms with Crippen molar-refractivity contribution >= 4 is 39.5 Å². The molecule has 5 heteroatoms. The first-order chi connectivity index (χ1) is 9.60. The van der Waals surface area contributed by atoms with Gasteiger partial charge in [-0.15, -0.1) is 11.6 Å². The highest BCUT2D eigenvalue weighted by molar-refractivity contribution is 9.10. The van der Waals surface area contributed by atoms with Crippen LogP contribution in [0, 0.1) is 0 Å². The van der Waals surface area contributed by atoms with Gasteiger partial charge >= 0.3 is 11.9 Å². The van der Waals surface area contributed by atoms with Crippen molar-refractivity contribution in [3.63, 3.8) is 0 Å². The number of hydrogen-bond acceptors (Lipinski definition) is 3. The molecule has 0 bridgehead atoms. The molecule has 0 atom stereocenters. The Labute approximate surface area is 129 Å². The monoisotopic (exact) mass is 352 g/mol. The Morgan fingerprint density at radius 2 is 1.60 bits per heavy atom. The Morgan fingerprint density at radius 1 is 1.00 bits per heavy atom. The Bertz CT molecular complexity index is 655. The second kappa shape index (κ2) is 6.68. The molecule has 20 heavy (non-hydrogen) atoms. The molecule has 3 nitrogen and oxygen atoms in total. The summed E-state index contributed by atoms with van der Waals surface area (Å²) in [7, 11) is 0. The average molecular weight is 354 g/mol. The van der Waals surface area contributed by atoms with E-state index in [1.165, 1.54) is 0 Å². The number of benzene rings is 2. The maximum Gasteiger partial charge on any atom is 0.346 e. The van der Waals surface area contributed by atoms with Crippen LogP contribution in [0.2, 0.25) is 0 Å². The summed E-state index contributed by atoms with van der Waals surface area (Å²) in [5, 5.41) is 0. The van der Waals surface area contributed by atoms with Crippen molar-refractivity contribution in [1.82, 2.24) is 0 Å². The summed E-state index contributed by atoms with van der Waals surface area (Å²) in [6.07, 6.45) is 0. The topological polar surface area (TPSA) is 43.4 Å². The second-order valence-corrected chi connectivity index (χ2v) is 5.20. The molecule has 2 aromatic rings. The largest absolute Gasteiger partial charge is 0.386 e. The van der Waals surface area contributed by atoms with Crippen LogP contribution in [0.5, 0.6) is 0 Å². The van der Waals surface area contributed by atoms with E-state index in [0.717, 1.165) is 10.0 Å². The standard InChI is InChI=1S/C15H10BrClO3/c16-13-6-2-5-12(8-13)15(19)20-14(18)11-4-1-3-10(7-11)9-17/h1-8H,9H2. The molecular weight excluding hydrogens is 344 g/mol. The molecule has 0 aliphatic heterocycles. The summed E-state index contributed by atoms with van der Waals surface area (Å²) in [5.74, 6) is -1.09. The molecule has 0 fully saturated rings. The van der Waals surface area contributed by atoms with Crippen molar-refractivity contribution in [3.05, 3.63) is 69.7 Å². The molecule has 2 rings (SSSR count). The van der Waals surface area contributed by atoms with E-state index in [2.05, 4.69) is 15.9 Å². The van der Waals surface area contributed by atoms with Gasteiger partial charge in [0.15, 0.2) is 0 Å².